The normalized spacial score (nSPS) is 20.5. The average molecular weight is 485 g/mol. The maximum Gasteiger partial charge on any atom is 0.255 e. The van der Waals surface area contributed by atoms with E-state index in [0.29, 0.717) is 24.4 Å². The summed E-state index contributed by atoms with van der Waals surface area (Å²) in [5.74, 6) is 0.530. The summed E-state index contributed by atoms with van der Waals surface area (Å²) in [5.41, 5.74) is 5.44. The SMILES string of the molecule is Cn1c(C2CCOCC2)nc(-c2ccc3c(c2)CN(C2CCC(=O)NC2=O)C3=O)c1-c1ccccc1. The largest absolute Gasteiger partial charge is 0.381 e. The zero-order valence-corrected chi connectivity index (χ0v) is 20.2. The van der Waals surface area contributed by atoms with Gasteiger partial charge in [0.1, 0.15) is 11.9 Å². The highest BCUT2D eigenvalue weighted by Gasteiger charge is 2.39. The lowest BCUT2D eigenvalue weighted by Gasteiger charge is -2.29. The Balaban J connectivity index is 1.39. The Morgan fingerprint density at radius 1 is 0.972 bits per heavy atom. The van der Waals surface area contributed by atoms with Gasteiger partial charge >= 0.3 is 0 Å². The molecule has 1 unspecified atom stereocenters. The number of benzene rings is 2. The van der Waals surface area contributed by atoms with E-state index < -0.39 is 11.9 Å². The van der Waals surface area contributed by atoms with Crippen LogP contribution in [0.5, 0.6) is 0 Å². The van der Waals surface area contributed by atoms with Crippen LogP contribution >= 0.6 is 0 Å². The van der Waals surface area contributed by atoms with Crippen molar-refractivity contribution in [3.05, 3.63) is 65.5 Å². The highest BCUT2D eigenvalue weighted by molar-refractivity contribution is 6.05. The molecular formula is C28H28N4O4. The van der Waals surface area contributed by atoms with Crippen molar-refractivity contribution in [1.82, 2.24) is 19.8 Å². The summed E-state index contributed by atoms with van der Waals surface area (Å²) in [6.45, 7) is 1.82. The first-order valence-corrected chi connectivity index (χ1v) is 12.5. The fourth-order valence-corrected chi connectivity index (χ4v) is 5.69. The second kappa shape index (κ2) is 9.02. The molecule has 3 aromatic rings. The molecule has 3 aliphatic heterocycles. The highest BCUT2D eigenvalue weighted by atomic mass is 16.5. The zero-order chi connectivity index (χ0) is 24.8. The Morgan fingerprint density at radius 3 is 2.50 bits per heavy atom. The minimum Gasteiger partial charge on any atom is -0.381 e. The summed E-state index contributed by atoms with van der Waals surface area (Å²) in [7, 11) is 2.07. The first-order valence-electron chi connectivity index (χ1n) is 12.5. The smallest absolute Gasteiger partial charge is 0.255 e. The van der Waals surface area contributed by atoms with Crippen molar-refractivity contribution in [3.8, 4) is 22.5 Å². The minimum atomic E-state index is -0.624. The molecule has 3 amide bonds. The lowest BCUT2D eigenvalue weighted by atomic mass is 9.99. The van der Waals surface area contributed by atoms with Crippen LogP contribution in [0.4, 0.5) is 0 Å². The van der Waals surface area contributed by atoms with Gasteiger partial charge in [-0.15, -0.1) is 0 Å². The van der Waals surface area contributed by atoms with Gasteiger partial charge in [0.25, 0.3) is 5.91 Å². The van der Waals surface area contributed by atoms with Crippen molar-refractivity contribution in [2.24, 2.45) is 7.05 Å². The van der Waals surface area contributed by atoms with E-state index in [1.165, 1.54) is 0 Å². The van der Waals surface area contributed by atoms with E-state index >= 15 is 0 Å². The molecule has 8 nitrogen and oxygen atoms in total. The number of carbonyl (C=O) groups excluding carboxylic acids is 3. The van der Waals surface area contributed by atoms with Gasteiger partial charge in [-0.1, -0.05) is 36.4 Å². The van der Waals surface area contributed by atoms with Crippen LogP contribution in [0.15, 0.2) is 48.5 Å². The number of nitrogens with zero attached hydrogens (tertiary/aromatic N) is 3. The Labute approximate surface area is 209 Å². The predicted molar refractivity (Wildman–Crippen MR) is 133 cm³/mol. The summed E-state index contributed by atoms with van der Waals surface area (Å²) in [4.78, 5) is 43.9. The number of piperidine rings is 1. The van der Waals surface area contributed by atoms with Crippen LogP contribution in [-0.2, 0) is 27.9 Å². The molecule has 2 fully saturated rings. The van der Waals surface area contributed by atoms with Crippen LogP contribution in [0.1, 0.15) is 53.3 Å². The van der Waals surface area contributed by atoms with Crippen LogP contribution in [0.3, 0.4) is 0 Å². The second-order valence-corrected chi connectivity index (χ2v) is 9.75. The van der Waals surface area contributed by atoms with Crippen LogP contribution in [0.2, 0.25) is 0 Å². The molecule has 0 bridgehead atoms. The number of hydrogen-bond donors (Lipinski definition) is 1. The maximum atomic E-state index is 13.2. The van der Waals surface area contributed by atoms with Gasteiger partial charge in [-0.3, -0.25) is 19.7 Å². The highest BCUT2D eigenvalue weighted by Crippen LogP contribution is 2.38. The maximum absolute atomic E-state index is 13.2. The average Bonchev–Trinajstić information content (AvgIpc) is 3.41. The van der Waals surface area contributed by atoms with E-state index in [4.69, 9.17) is 9.72 Å². The van der Waals surface area contributed by atoms with Crippen molar-refractivity contribution in [1.29, 1.82) is 0 Å². The number of hydrogen-bond acceptors (Lipinski definition) is 5. The van der Waals surface area contributed by atoms with E-state index in [0.717, 1.165) is 60.0 Å². The van der Waals surface area contributed by atoms with Crippen LogP contribution in [-0.4, -0.2) is 51.4 Å². The van der Waals surface area contributed by atoms with E-state index in [9.17, 15) is 14.4 Å². The molecule has 0 saturated carbocycles. The molecule has 1 aromatic heterocycles. The zero-order valence-electron chi connectivity index (χ0n) is 20.2. The Bertz CT molecular complexity index is 1360. The summed E-state index contributed by atoms with van der Waals surface area (Å²) in [6, 6.07) is 15.4. The molecule has 0 spiro atoms. The quantitative estimate of drug-likeness (QED) is 0.573. The van der Waals surface area contributed by atoms with Crippen molar-refractivity contribution in [2.45, 2.75) is 44.2 Å². The number of imidazole rings is 1. The molecule has 2 aromatic carbocycles. The van der Waals surface area contributed by atoms with E-state index in [1.54, 1.807) is 4.90 Å². The number of carbonyl (C=O) groups is 3. The van der Waals surface area contributed by atoms with Crippen LogP contribution < -0.4 is 5.32 Å². The second-order valence-electron chi connectivity index (χ2n) is 9.75. The lowest BCUT2D eigenvalue weighted by molar-refractivity contribution is -0.136. The minimum absolute atomic E-state index is 0.168. The van der Waals surface area contributed by atoms with Gasteiger partial charge in [-0.2, -0.15) is 0 Å². The number of imide groups is 1. The standard InChI is InChI=1S/C28H28N4O4/c1-31-25(17-5-3-2-4-6-17)24(30-26(31)18-11-13-36-14-12-18)19-7-8-21-20(15-19)16-32(28(21)35)22-9-10-23(33)29-27(22)34/h2-8,15,18,22H,9-14,16H2,1H3,(H,29,33,34). The number of amides is 3. The third kappa shape index (κ3) is 3.82. The molecule has 0 radical (unpaired) electrons. The van der Waals surface area contributed by atoms with E-state index in [2.05, 4.69) is 29.1 Å². The molecule has 3 aliphatic rings. The molecule has 184 valence electrons. The van der Waals surface area contributed by atoms with Gasteiger partial charge in [0, 0.05) is 55.8 Å². The number of aromatic nitrogens is 2. The topological polar surface area (TPSA) is 93.5 Å². The monoisotopic (exact) mass is 484 g/mol. The molecule has 36 heavy (non-hydrogen) atoms. The van der Waals surface area contributed by atoms with E-state index in [-0.39, 0.29) is 18.2 Å². The fourth-order valence-electron chi connectivity index (χ4n) is 5.69. The number of nitrogens with one attached hydrogen (secondary N) is 1. The first kappa shape index (κ1) is 22.7. The molecule has 8 heteroatoms. The first-order chi connectivity index (χ1) is 17.5. The molecule has 0 aliphatic carbocycles. The van der Waals surface area contributed by atoms with Crippen molar-refractivity contribution in [3.63, 3.8) is 0 Å². The molecule has 1 N–H and O–H groups in total. The van der Waals surface area contributed by atoms with Gasteiger partial charge in [0.15, 0.2) is 0 Å². The van der Waals surface area contributed by atoms with Crippen molar-refractivity contribution in [2.75, 3.05) is 13.2 Å². The number of fused-ring (bicyclic) bond motifs is 1. The van der Waals surface area contributed by atoms with Crippen LogP contribution in [0.25, 0.3) is 22.5 Å². The third-order valence-electron chi connectivity index (χ3n) is 7.56. The fraction of sp³-hybridized carbons (Fsp3) is 0.357. The molecule has 1 atom stereocenters. The summed E-state index contributed by atoms with van der Waals surface area (Å²) >= 11 is 0. The Morgan fingerprint density at radius 2 is 1.75 bits per heavy atom. The van der Waals surface area contributed by atoms with Gasteiger partial charge in [-0.25, -0.2) is 4.98 Å². The van der Waals surface area contributed by atoms with Gasteiger partial charge < -0.3 is 14.2 Å². The third-order valence-corrected chi connectivity index (χ3v) is 7.56. The lowest BCUT2D eigenvalue weighted by Crippen LogP contribution is -2.52. The molecule has 6 rings (SSSR count). The molecule has 4 heterocycles. The number of rotatable bonds is 4. The molecule has 2 saturated heterocycles. The van der Waals surface area contributed by atoms with Crippen molar-refractivity contribution < 1.29 is 19.1 Å². The molecular weight excluding hydrogens is 456 g/mol. The summed E-state index contributed by atoms with van der Waals surface area (Å²) in [5, 5.41) is 2.36. The van der Waals surface area contributed by atoms with Gasteiger partial charge in [-0.05, 0) is 37.0 Å². The Hall–Kier alpha value is -3.78. The number of ether oxygens (including phenoxy) is 1. The van der Waals surface area contributed by atoms with E-state index in [1.807, 2.05) is 36.4 Å². The van der Waals surface area contributed by atoms with Gasteiger partial charge in [0.05, 0.1) is 11.4 Å². The summed E-state index contributed by atoms with van der Waals surface area (Å²) < 4.78 is 7.78. The predicted octanol–water partition coefficient (Wildman–Crippen LogP) is 3.41. The van der Waals surface area contributed by atoms with Gasteiger partial charge in [0.2, 0.25) is 11.8 Å². The Kier molecular flexibility index (Phi) is 5.68. The summed E-state index contributed by atoms with van der Waals surface area (Å²) in [6.07, 6.45) is 2.48. The van der Waals surface area contributed by atoms with Crippen molar-refractivity contribution >= 4 is 17.7 Å². The van der Waals surface area contributed by atoms with Crippen LogP contribution in [0, 0.1) is 0 Å².